The highest BCUT2D eigenvalue weighted by Gasteiger charge is 2.42. The number of halogens is 2. The zero-order chi connectivity index (χ0) is 14.9. The van der Waals surface area contributed by atoms with Crippen molar-refractivity contribution >= 4 is 31.9 Å². The van der Waals surface area contributed by atoms with Crippen molar-refractivity contribution in [1.82, 2.24) is 0 Å². The molecule has 0 N–H and O–H groups in total. The molecule has 2 aliphatic rings. The Hall–Kier alpha value is -0.100. The molecule has 0 amide bonds. The molecule has 116 valence electrons. The first kappa shape index (κ1) is 15.8. The number of benzene rings is 1. The third-order valence-corrected chi connectivity index (χ3v) is 5.32. The van der Waals surface area contributed by atoms with Gasteiger partial charge in [-0.15, -0.1) is 0 Å². The number of hydrogen-bond donors (Lipinski definition) is 0. The lowest BCUT2D eigenvalue weighted by atomic mass is 9.91. The predicted octanol–water partition coefficient (Wildman–Crippen LogP) is 4.37. The van der Waals surface area contributed by atoms with Crippen molar-refractivity contribution in [2.45, 2.75) is 43.2 Å². The Labute approximate surface area is 142 Å². The molecule has 0 aromatic heterocycles. The van der Waals surface area contributed by atoms with Crippen LogP contribution in [0, 0.1) is 6.92 Å². The third-order valence-electron chi connectivity index (χ3n) is 4.26. The van der Waals surface area contributed by atoms with E-state index in [0.717, 1.165) is 48.0 Å². The average Bonchev–Trinajstić information content (AvgIpc) is 2.89. The first-order chi connectivity index (χ1) is 10.1. The van der Waals surface area contributed by atoms with E-state index in [1.165, 1.54) is 11.1 Å². The lowest BCUT2D eigenvalue weighted by molar-refractivity contribution is -0.112. The molecule has 2 aliphatic heterocycles. The highest BCUT2D eigenvalue weighted by atomic mass is 79.9. The Bertz CT molecular complexity index is 512. The van der Waals surface area contributed by atoms with Crippen LogP contribution in [0.15, 0.2) is 16.6 Å². The summed E-state index contributed by atoms with van der Waals surface area (Å²) in [7, 11) is 0. The van der Waals surface area contributed by atoms with Gasteiger partial charge in [0.15, 0.2) is 0 Å². The second-order valence-corrected chi connectivity index (χ2v) is 7.39. The Morgan fingerprint density at radius 1 is 1.38 bits per heavy atom. The fraction of sp³-hybridized carbons (Fsp3) is 0.625. The van der Waals surface area contributed by atoms with Crippen molar-refractivity contribution in [1.29, 1.82) is 0 Å². The van der Waals surface area contributed by atoms with Crippen molar-refractivity contribution in [3.8, 4) is 5.75 Å². The number of alkyl halides is 1. The average molecular weight is 420 g/mol. The van der Waals surface area contributed by atoms with E-state index < -0.39 is 0 Å². The normalized spacial score (nSPS) is 29.0. The van der Waals surface area contributed by atoms with Gasteiger partial charge in [-0.1, -0.05) is 31.9 Å². The molecule has 1 spiro atoms. The van der Waals surface area contributed by atoms with Gasteiger partial charge >= 0.3 is 0 Å². The Morgan fingerprint density at radius 3 is 2.95 bits per heavy atom. The van der Waals surface area contributed by atoms with Crippen molar-refractivity contribution in [2.75, 3.05) is 19.8 Å². The lowest BCUT2D eigenvalue weighted by Gasteiger charge is -2.37. The van der Waals surface area contributed by atoms with Crippen LogP contribution in [0.25, 0.3) is 0 Å². The fourth-order valence-corrected chi connectivity index (χ4v) is 4.22. The van der Waals surface area contributed by atoms with Crippen molar-refractivity contribution in [3.05, 3.63) is 27.7 Å². The van der Waals surface area contributed by atoms with Gasteiger partial charge in [0.05, 0.1) is 18.8 Å². The molecule has 2 unspecified atom stereocenters. The SMILES string of the molecule is Cc1cc(Br)cc(CBr)c1OC1CCOC2(CCOC2)C1. The molecule has 0 radical (unpaired) electrons. The van der Waals surface area contributed by atoms with E-state index in [9.17, 15) is 0 Å². The maximum absolute atomic E-state index is 6.36. The molecule has 2 atom stereocenters. The highest BCUT2D eigenvalue weighted by Crippen LogP contribution is 2.37. The molecule has 0 saturated carbocycles. The molecular formula is C16H20Br2O3. The summed E-state index contributed by atoms with van der Waals surface area (Å²) in [5.41, 5.74) is 2.24. The van der Waals surface area contributed by atoms with Crippen LogP contribution >= 0.6 is 31.9 Å². The van der Waals surface area contributed by atoms with Crippen LogP contribution in [0.4, 0.5) is 0 Å². The monoisotopic (exact) mass is 418 g/mol. The van der Waals surface area contributed by atoms with E-state index in [4.69, 9.17) is 14.2 Å². The van der Waals surface area contributed by atoms with E-state index in [0.29, 0.717) is 6.61 Å². The molecule has 0 bridgehead atoms. The van der Waals surface area contributed by atoms with Gasteiger partial charge in [0.1, 0.15) is 11.9 Å². The van der Waals surface area contributed by atoms with Crippen molar-refractivity contribution in [3.63, 3.8) is 0 Å². The van der Waals surface area contributed by atoms with Gasteiger partial charge in [-0.2, -0.15) is 0 Å². The number of hydrogen-bond acceptors (Lipinski definition) is 3. The fourth-order valence-electron chi connectivity index (χ4n) is 3.18. The second-order valence-electron chi connectivity index (χ2n) is 5.91. The number of ether oxygens (including phenoxy) is 3. The molecule has 3 rings (SSSR count). The molecule has 1 aromatic rings. The minimum absolute atomic E-state index is 0.110. The Balaban J connectivity index is 1.77. The quantitative estimate of drug-likeness (QED) is 0.680. The smallest absolute Gasteiger partial charge is 0.126 e. The summed E-state index contributed by atoms with van der Waals surface area (Å²) in [6, 6.07) is 4.22. The molecule has 2 saturated heterocycles. The summed E-state index contributed by atoms with van der Waals surface area (Å²) in [5.74, 6) is 1.01. The lowest BCUT2D eigenvalue weighted by Crippen LogP contribution is -2.44. The van der Waals surface area contributed by atoms with E-state index >= 15 is 0 Å². The van der Waals surface area contributed by atoms with Crippen LogP contribution < -0.4 is 4.74 Å². The van der Waals surface area contributed by atoms with E-state index in [1.807, 2.05) is 0 Å². The van der Waals surface area contributed by atoms with E-state index in [2.05, 4.69) is 50.9 Å². The van der Waals surface area contributed by atoms with Gasteiger partial charge in [-0.25, -0.2) is 0 Å². The molecule has 3 nitrogen and oxygen atoms in total. The van der Waals surface area contributed by atoms with Crippen molar-refractivity contribution in [2.24, 2.45) is 0 Å². The first-order valence-electron chi connectivity index (χ1n) is 7.35. The largest absolute Gasteiger partial charge is 0.490 e. The van der Waals surface area contributed by atoms with Crippen LogP contribution in [0.2, 0.25) is 0 Å². The zero-order valence-electron chi connectivity index (χ0n) is 12.2. The Morgan fingerprint density at radius 2 is 2.24 bits per heavy atom. The minimum atomic E-state index is -0.110. The van der Waals surface area contributed by atoms with Gasteiger partial charge < -0.3 is 14.2 Å². The summed E-state index contributed by atoms with van der Waals surface area (Å²) in [6.07, 6.45) is 3.05. The molecular weight excluding hydrogens is 400 g/mol. The van der Waals surface area contributed by atoms with E-state index in [-0.39, 0.29) is 11.7 Å². The van der Waals surface area contributed by atoms with Crippen LogP contribution in [0.5, 0.6) is 5.75 Å². The summed E-state index contributed by atoms with van der Waals surface area (Å²) in [6.45, 7) is 4.36. The molecule has 2 fully saturated rings. The maximum Gasteiger partial charge on any atom is 0.126 e. The molecule has 5 heteroatoms. The van der Waals surface area contributed by atoms with Crippen LogP contribution in [0.1, 0.15) is 30.4 Å². The first-order valence-corrected chi connectivity index (χ1v) is 9.27. The van der Waals surface area contributed by atoms with Crippen molar-refractivity contribution < 1.29 is 14.2 Å². The van der Waals surface area contributed by atoms with E-state index in [1.54, 1.807) is 0 Å². The van der Waals surface area contributed by atoms with Crippen LogP contribution in [0.3, 0.4) is 0 Å². The van der Waals surface area contributed by atoms with Gasteiger partial charge in [0.25, 0.3) is 0 Å². The molecule has 1 aromatic carbocycles. The summed E-state index contributed by atoms with van der Waals surface area (Å²) >= 11 is 7.10. The molecule has 2 heterocycles. The van der Waals surface area contributed by atoms with Crippen LogP contribution in [-0.2, 0) is 14.8 Å². The topological polar surface area (TPSA) is 27.7 Å². The van der Waals surface area contributed by atoms with Crippen LogP contribution in [-0.4, -0.2) is 31.5 Å². The second kappa shape index (κ2) is 6.57. The molecule has 21 heavy (non-hydrogen) atoms. The predicted molar refractivity (Wildman–Crippen MR) is 89.3 cm³/mol. The third kappa shape index (κ3) is 3.46. The minimum Gasteiger partial charge on any atom is -0.490 e. The molecule has 0 aliphatic carbocycles. The van der Waals surface area contributed by atoms with Gasteiger partial charge in [-0.3, -0.25) is 0 Å². The van der Waals surface area contributed by atoms with Gasteiger partial charge in [0.2, 0.25) is 0 Å². The standard InChI is InChI=1S/C16H20Br2O3/c1-11-6-13(18)7-12(9-17)15(11)21-14-2-4-20-16(8-14)3-5-19-10-16/h6-7,14H,2-5,8-10H2,1H3. The Kier molecular flexibility index (Phi) is 4.94. The number of rotatable bonds is 3. The zero-order valence-corrected chi connectivity index (χ0v) is 15.3. The summed E-state index contributed by atoms with van der Waals surface area (Å²) in [5, 5.41) is 0.792. The highest BCUT2D eigenvalue weighted by molar-refractivity contribution is 9.10. The van der Waals surface area contributed by atoms with Gasteiger partial charge in [0, 0.05) is 41.2 Å². The summed E-state index contributed by atoms with van der Waals surface area (Å²) < 4.78 is 19.0. The maximum atomic E-state index is 6.36. The summed E-state index contributed by atoms with van der Waals surface area (Å²) in [4.78, 5) is 0. The number of aryl methyl sites for hydroxylation is 1. The van der Waals surface area contributed by atoms with Gasteiger partial charge in [-0.05, 0) is 24.6 Å².